The molecule has 15 heavy (non-hydrogen) atoms. The van der Waals surface area contributed by atoms with Crippen molar-refractivity contribution in [2.24, 2.45) is 0 Å². The van der Waals surface area contributed by atoms with Crippen LogP contribution in [0.15, 0.2) is 0 Å². The third-order valence-electron chi connectivity index (χ3n) is 2.03. The Hall–Kier alpha value is -0.480. The lowest BCUT2D eigenvalue weighted by atomic mass is 10.2. The van der Waals surface area contributed by atoms with E-state index < -0.39 is 5.60 Å². The second-order valence-corrected chi connectivity index (χ2v) is 4.87. The van der Waals surface area contributed by atoms with Crippen molar-refractivity contribution in [3.63, 3.8) is 0 Å². The van der Waals surface area contributed by atoms with Crippen LogP contribution >= 0.6 is 11.6 Å². The van der Waals surface area contributed by atoms with Gasteiger partial charge in [0.25, 0.3) is 0 Å². The Morgan fingerprint density at radius 3 is 2.80 bits per heavy atom. The van der Waals surface area contributed by atoms with Crippen LogP contribution in [0.25, 0.3) is 0 Å². The molecule has 0 radical (unpaired) electrons. The van der Waals surface area contributed by atoms with Gasteiger partial charge in [0.15, 0.2) is 0 Å². The van der Waals surface area contributed by atoms with E-state index in [2.05, 4.69) is 0 Å². The number of morpholine rings is 1. The van der Waals surface area contributed by atoms with E-state index >= 15 is 0 Å². The standard InChI is InChI=1S/C10H18ClNO3/c1-10(2,3)15-9(13)12-4-5-14-7-8(12)6-11/h8H,4-7H2,1-3H3/t8-/m0/s1. The maximum atomic E-state index is 11.8. The summed E-state index contributed by atoms with van der Waals surface area (Å²) in [7, 11) is 0. The van der Waals surface area contributed by atoms with Crippen LogP contribution in [-0.2, 0) is 9.47 Å². The van der Waals surface area contributed by atoms with Gasteiger partial charge >= 0.3 is 6.09 Å². The minimum Gasteiger partial charge on any atom is -0.444 e. The zero-order valence-electron chi connectivity index (χ0n) is 9.46. The van der Waals surface area contributed by atoms with Gasteiger partial charge in [-0.15, -0.1) is 11.6 Å². The fourth-order valence-electron chi connectivity index (χ4n) is 1.34. The highest BCUT2D eigenvalue weighted by Crippen LogP contribution is 2.15. The summed E-state index contributed by atoms with van der Waals surface area (Å²) in [5.74, 6) is 0.374. The summed E-state index contributed by atoms with van der Waals surface area (Å²) in [5, 5.41) is 0. The van der Waals surface area contributed by atoms with Gasteiger partial charge < -0.3 is 9.47 Å². The molecule has 0 unspecified atom stereocenters. The van der Waals surface area contributed by atoms with E-state index in [0.717, 1.165) is 0 Å². The van der Waals surface area contributed by atoms with Crippen molar-refractivity contribution < 1.29 is 14.3 Å². The number of rotatable bonds is 1. The van der Waals surface area contributed by atoms with Crippen molar-refractivity contribution in [3.05, 3.63) is 0 Å². The van der Waals surface area contributed by atoms with Crippen LogP contribution in [0.3, 0.4) is 0 Å². The largest absolute Gasteiger partial charge is 0.444 e. The van der Waals surface area contributed by atoms with E-state index in [-0.39, 0.29) is 12.1 Å². The van der Waals surface area contributed by atoms with Crippen LogP contribution in [0, 0.1) is 0 Å². The second kappa shape index (κ2) is 5.03. The van der Waals surface area contributed by atoms with Gasteiger partial charge in [-0.25, -0.2) is 4.79 Å². The lowest BCUT2D eigenvalue weighted by Crippen LogP contribution is -2.51. The molecule has 0 bridgehead atoms. The van der Waals surface area contributed by atoms with Gasteiger partial charge in [0.1, 0.15) is 5.60 Å². The van der Waals surface area contributed by atoms with E-state index in [1.807, 2.05) is 20.8 Å². The second-order valence-electron chi connectivity index (χ2n) is 4.56. The predicted molar refractivity (Wildman–Crippen MR) is 58.3 cm³/mol. The number of amides is 1. The van der Waals surface area contributed by atoms with E-state index in [1.54, 1.807) is 4.90 Å². The van der Waals surface area contributed by atoms with Gasteiger partial charge in [-0.05, 0) is 20.8 Å². The monoisotopic (exact) mass is 235 g/mol. The molecule has 0 N–H and O–H groups in total. The molecular formula is C10H18ClNO3. The maximum Gasteiger partial charge on any atom is 0.410 e. The van der Waals surface area contributed by atoms with Crippen LogP contribution in [-0.4, -0.2) is 48.3 Å². The highest BCUT2D eigenvalue weighted by Gasteiger charge is 2.30. The summed E-state index contributed by atoms with van der Waals surface area (Å²) >= 11 is 5.76. The number of nitrogens with zero attached hydrogens (tertiary/aromatic N) is 1. The van der Waals surface area contributed by atoms with Gasteiger partial charge in [-0.2, -0.15) is 0 Å². The highest BCUT2D eigenvalue weighted by atomic mass is 35.5. The molecule has 4 nitrogen and oxygen atoms in total. The molecule has 0 aromatic rings. The minimum atomic E-state index is -0.466. The van der Waals surface area contributed by atoms with Crippen molar-refractivity contribution >= 4 is 17.7 Å². The zero-order valence-corrected chi connectivity index (χ0v) is 10.2. The Kier molecular flexibility index (Phi) is 4.22. The lowest BCUT2D eigenvalue weighted by molar-refractivity contribution is -0.0270. The number of carbonyl (C=O) groups excluding carboxylic acids is 1. The first-order valence-corrected chi connectivity index (χ1v) is 5.61. The molecule has 0 spiro atoms. The molecule has 0 aromatic carbocycles. The fourth-order valence-corrected chi connectivity index (χ4v) is 1.60. The molecule has 1 aliphatic rings. The molecule has 88 valence electrons. The summed E-state index contributed by atoms with van der Waals surface area (Å²) in [6, 6.07) is -0.0738. The van der Waals surface area contributed by atoms with E-state index in [4.69, 9.17) is 21.1 Å². The minimum absolute atomic E-state index is 0.0738. The van der Waals surface area contributed by atoms with Crippen LogP contribution in [0.5, 0.6) is 0 Å². The smallest absolute Gasteiger partial charge is 0.410 e. The number of hydrogen-bond donors (Lipinski definition) is 0. The molecular weight excluding hydrogens is 218 g/mol. The number of alkyl halides is 1. The van der Waals surface area contributed by atoms with Gasteiger partial charge in [0, 0.05) is 12.4 Å². The Morgan fingerprint density at radius 2 is 2.27 bits per heavy atom. The predicted octanol–water partition coefficient (Wildman–Crippen LogP) is 1.86. The Balaban J connectivity index is 2.56. The van der Waals surface area contributed by atoms with Crippen molar-refractivity contribution in [1.82, 2.24) is 4.90 Å². The first-order chi connectivity index (χ1) is 6.94. The molecule has 0 saturated carbocycles. The first-order valence-electron chi connectivity index (χ1n) is 5.07. The normalized spacial score (nSPS) is 22.7. The van der Waals surface area contributed by atoms with Crippen LogP contribution < -0.4 is 0 Å². The summed E-state index contributed by atoms with van der Waals surface area (Å²) in [5.41, 5.74) is -0.466. The number of carbonyl (C=O) groups is 1. The van der Waals surface area contributed by atoms with Gasteiger partial charge in [-0.3, -0.25) is 4.90 Å². The van der Waals surface area contributed by atoms with E-state index in [1.165, 1.54) is 0 Å². The maximum absolute atomic E-state index is 11.8. The third kappa shape index (κ3) is 3.87. The Bertz CT molecular complexity index is 227. The molecule has 1 saturated heterocycles. The molecule has 1 fully saturated rings. The van der Waals surface area contributed by atoms with E-state index in [9.17, 15) is 4.79 Å². The van der Waals surface area contributed by atoms with Gasteiger partial charge in [-0.1, -0.05) is 0 Å². The van der Waals surface area contributed by atoms with Crippen molar-refractivity contribution in [3.8, 4) is 0 Å². The molecule has 0 aromatic heterocycles. The zero-order chi connectivity index (χ0) is 11.5. The molecule has 0 aliphatic carbocycles. The van der Waals surface area contributed by atoms with Crippen LogP contribution in [0.1, 0.15) is 20.8 Å². The average Bonchev–Trinajstić information content (AvgIpc) is 2.15. The van der Waals surface area contributed by atoms with E-state index in [0.29, 0.717) is 25.6 Å². The van der Waals surface area contributed by atoms with Crippen molar-refractivity contribution in [2.75, 3.05) is 25.6 Å². The van der Waals surface area contributed by atoms with Crippen LogP contribution in [0.2, 0.25) is 0 Å². The Labute approximate surface area is 95.5 Å². The topological polar surface area (TPSA) is 38.8 Å². The van der Waals surface area contributed by atoms with Crippen molar-refractivity contribution in [1.29, 1.82) is 0 Å². The number of ether oxygens (including phenoxy) is 2. The number of hydrogen-bond acceptors (Lipinski definition) is 3. The fraction of sp³-hybridized carbons (Fsp3) is 0.900. The highest BCUT2D eigenvalue weighted by molar-refractivity contribution is 6.18. The molecule has 1 rings (SSSR count). The summed E-state index contributed by atoms with van der Waals surface area (Å²) in [6.07, 6.45) is -0.309. The van der Waals surface area contributed by atoms with Gasteiger partial charge in [0.05, 0.1) is 19.3 Å². The Morgan fingerprint density at radius 1 is 1.60 bits per heavy atom. The molecule has 1 atom stereocenters. The molecule has 1 heterocycles. The van der Waals surface area contributed by atoms with Gasteiger partial charge in [0.2, 0.25) is 0 Å². The SMILES string of the molecule is CC(C)(C)OC(=O)N1CCOC[C@@H]1CCl. The summed E-state index contributed by atoms with van der Waals surface area (Å²) in [6.45, 7) is 7.13. The van der Waals surface area contributed by atoms with Crippen molar-refractivity contribution in [2.45, 2.75) is 32.4 Å². The first kappa shape index (κ1) is 12.6. The average molecular weight is 236 g/mol. The molecule has 1 aliphatic heterocycles. The molecule has 1 amide bonds. The molecule has 5 heteroatoms. The number of halogens is 1. The third-order valence-corrected chi connectivity index (χ3v) is 2.39. The summed E-state index contributed by atoms with van der Waals surface area (Å²) < 4.78 is 10.5. The summed E-state index contributed by atoms with van der Waals surface area (Å²) in [4.78, 5) is 13.4. The quantitative estimate of drug-likeness (QED) is 0.652. The van der Waals surface area contributed by atoms with Crippen LogP contribution in [0.4, 0.5) is 4.79 Å². The lowest BCUT2D eigenvalue weighted by Gasteiger charge is -2.35.